The third-order valence-corrected chi connectivity index (χ3v) is 2.59. The summed E-state index contributed by atoms with van der Waals surface area (Å²) in [5, 5.41) is 3.30. The first-order valence-corrected chi connectivity index (χ1v) is 5.72. The predicted octanol–water partition coefficient (Wildman–Crippen LogP) is 1.72. The van der Waals surface area contributed by atoms with Gasteiger partial charge in [0.25, 0.3) is 0 Å². The van der Waals surface area contributed by atoms with Crippen LogP contribution in [0.4, 0.5) is 0 Å². The Kier molecular flexibility index (Phi) is 4.20. The van der Waals surface area contributed by atoms with Crippen molar-refractivity contribution in [1.82, 2.24) is 15.3 Å². The van der Waals surface area contributed by atoms with E-state index in [1.807, 2.05) is 24.4 Å². The van der Waals surface area contributed by atoms with Crippen LogP contribution in [0.5, 0.6) is 11.5 Å². The lowest BCUT2D eigenvalue weighted by Gasteiger charge is -2.09. The molecule has 0 unspecified atom stereocenters. The third kappa shape index (κ3) is 3.24. The summed E-state index contributed by atoms with van der Waals surface area (Å²) in [6.45, 7) is 1.43. The van der Waals surface area contributed by atoms with E-state index in [0.29, 0.717) is 6.54 Å². The second kappa shape index (κ2) is 6.07. The largest absolute Gasteiger partial charge is 0.497 e. The molecule has 0 saturated heterocycles. The number of methoxy groups -OCH3 is 2. The fraction of sp³-hybridized carbons (Fsp3) is 0.308. The lowest BCUT2D eigenvalue weighted by molar-refractivity contribution is 0.393. The van der Waals surface area contributed by atoms with Crippen molar-refractivity contribution in [3.05, 3.63) is 42.0 Å². The Morgan fingerprint density at radius 2 is 1.83 bits per heavy atom. The number of imidazole rings is 1. The van der Waals surface area contributed by atoms with E-state index in [9.17, 15) is 0 Å². The first-order chi connectivity index (χ1) is 8.81. The molecule has 5 heteroatoms. The van der Waals surface area contributed by atoms with Crippen LogP contribution in [0.2, 0.25) is 0 Å². The maximum Gasteiger partial charge on any atom is 0.122 e. The second-order valence-electron chi connectivity index (χ2n) is 3.86. The van der Waals surface area contributed by atoms with Gasteiger partial charge in [0, 0.05) is 25.0 Å². The standard InChI is InChI=1S/C13H17N3O2/c1-17-11-5-10(6-12(7-11)18-2)8-14-9-13-15-3-4-16-13/h3-7,14H,8-9H2,1-2H3,(H,15,16). The highest BCUT2D eigenvalue weighted by atomic mass is 16.5. The summed E-state index contributed by atoms with van der Waals surface area (Å²) in [6.07, 6.45) is 3.55. The fourth-order valence-electron chi connectivity index (χ4n) is 1.69. The summed E-state index contributed by atoms with van der Waals surface area (Å²) in [6, 6.07) is 5.82. The lowest BCUT2D eigenvalue weighted by atomic mass is 10.2. The summed E-state index contributed by atoms with van der Waals surface area (Å²) in [5.41, 5.74) is 1.11. The smallest absolute Gasteiger partial charge is 0.122 e. The zero-order valence-electron chi connectivity index (χ0n) is 10.6. The molecule has 0 amide bonds. The second-order valence-corrected chi connectivity index (χ2v) is 3.86. The molecule has 1 aromatic heterocycles. The average Bonchev–Trinajstić information content (AvgIpc) is 2.91. The highest BCUT2D eigenvalue weighted by Crippen LogP contribution is 2.22. The Morgan fingerprint density at radius 3 is 2.39 bits per heavy atom. The van der Waals surface area contributed by atoms with E-state index >= 15 is 0 Å². The molecule has 0 aliphatic heterocycles. The molecule has 2 N–H and O–H groups in total. The number of hydrogen-bond donors (Lipinski definition) is 2. The van der Waals surface area contributed by atoms with E-state index in [4.69, 9.17) is 9.47 Å². The maximum absolute atomic E-state index is 5.22. The summed E-state index contributed by atoms with van der Waals surface area (Å²) in [7, 11) is 3.30. The van der Waals surface area contributed by atoms with Crippen molar-refractivity contribution < 1.29 is 9.47 Å². The maximum atomic E-state index is 5.22. The molecule has 2 aromatic rings. The van der Waals surface area contributed by atoms with Crippen LogP contribution < -0.4 is 14.8 Å². The number of aromatic nitrogens is 2. The van der Waals surface area contributed by atoms with Gasteiger partial charge in [-0.2, -0.15) is 0 Å². The van der Waals surface area contributed by atoms with Gasteiger partial charge < -0.3 is 19.8 Å². The van der Waals surface area contributed by atoms with Gasteiger partial charge in [0.15, 0.2) is 0 Å². The summed E-state index contributed by atoms with van der Waals surface area (Å²) < 4.78 is 10.4. The zero-order chi connectivity index (χ0) is 12.8. The number of hydrogen-bond acceptors (Lipinski definition) is 4. The minimum absolute atomic E-state index is 0.701. The fourth-order valence-corrected chi connectivity index (χ4v) is 1.69. The van der Waals surface area contributed by atoms with Gasteiger partial charge in [-0.25, -0.2) is 4.98 Å². The monoisotopic (exact) mass is 247 g/mol. The van der Waals surface area contributed by atoms with E-state index in [0.717, 1.165) is 29.4 Å². The molecule has 18 heavy (non-hydrogen) atoms. The zero-order valence-corrected chi connectivity index (χ0v) is 10.6. The van der Waals surface area contributed by atoms with Crippen molar-refractivity contribution in [3.63, 3.8) is 0 Å². The molecule has 2 rings (SSSR count). The van der Waals surface area contributed by atoms with Crippen LogP contribution >= 0.6 is 0 Å². The van der Waals surface area contributed by atoms with E-state index < -0.39 is 0 Å². The molecular formula is C13H17N3O2. The Labute approximate surface area is 106 Å². The van der Waals surface area contributed by atoms with Gasteiger partial charge in [-0.3, -0.25) is 0 Å². The molecule has 0 radical (unpaired) electrons. The highest BCUT2D eigenvalue weighted by molar-refractivity contribution is 5.38. The molecule has 0 saturated carbocycles. The molecule has 0 bridgehead atoms. The molecular weight excluding hydrogens is 230 g/mol. The molecule has 0 spiro atoms. The van der Waals surface area contributed by atoms with Crippen molar-refractivity contribution >= 4 is 0 Å². The summed E-state index contributed by atoms with van der Waals surface area (Å²) in [4.78, 5) is 7.19. The van der Waals surface area contributed by atoms with Gasteiger partial charge in [-0.05, 0) is 17.7 Å². The topological polar surface area (TPSA) is 59.2 Å². The molecule has 5 nitrogen and oxygen atoms in total. The third-order valence-electron chi connectivity index (χ3n) is 2.59. The number of benzene rings is 1. The first-order valence-electron chi connectivity index (χ1n) is 5.72. The van der Waals surface area contributed by atoms with Crippen LogP contribution in [0.25, 0.3) is 0 Å². The molecule has 1 aromatic carbocycles. The number of aromatic amines is 1. The number of H-pyrrole nitrogens is 1. The van der Waals surface area contributed by atoms with E-state index in [2.05, 4.69) is 15.3 Å². The van der Waals surface area contributed by atoms with Crippen LogP contribution in [0.3, 0.4) is 0 Å². The van der Waals surface area contributed by atoms with Gasteiger partial charge in [0.1, 0.15) is 17.3 Å². The summed E-state index contributed by atoms with van der Waals surface area (Å²) >= 11 is 0. The van der Waals surface area contributed by atoms with Gasteiger partial charge in [-0.15, -0.1) is 0 Å². The number of nitrogens with one attached hydrogen (secondary N) is 2. The highest BCUT2D eigenvalue weighted by Gasteiger charge is 2.02. The predicted molar refractivity (Wildman–Crippen MR) is 68.7 cm³/mol. The van der Waals surface area contributed by atoms with Gasteiger partial charge >= 0.3 is 0 Å². The van der Waals surface area contributed by atoms with Crippen LogP contribution in [0.15, 0.2) is 30.6 Å². The molecule has 0 fully saturated rings. The number of rotatable bonds is 6. The molecule has 0 aliphatic carbocycles. The SMILES string of the molecule is COc1cc(CNCc2ncc[nH]2)cc(OC)c1. The van der Waals surface area contributed by atoms with Crippen LogP contribution in [-0.2, 0) is 13.1 Å². The quantitative estimate of drug-likeness (QED) is 0.816. The van der Waals surface area contributed by atoms with Gasteiger partial charge in [0.2, 0.25) is 0 Å². The average molecular weight is 247 g/mol. The van der Waals surface area contributed by atoms with Crippen molar-refractivity contribution in [2.45, 2.75) is 13.1 Å². The Bertz CT molecular complexity index is 461. The number of nitrogens with zero attached hydrogens (tertiary/aromatic N) is 1. The minimum Gasteiger partial charge on any atom is -0.497 e. The molecule has 0 aliphatic rings. The van der Waals surface area contributed by atoms with Crippen LogP contribution in [0, 0.1) is 0 Å². The van der Waals surface area contributed by atoms with Crippen molar-refractivity contribution in [2.75, 3.05) is 14.2 Å². The Balaban J connectivity index is 1.95. The first kappa shape index (κ1) is 12.4. The van der Waals surface area contributed by atoms with E-state index in [-0.39, 0.29) is 0 Å². The van der Waals surface area contributed by atoms with Gasteiger partial charge in [-0.1, -0.05) is 0 Å². The van der Waals surface area contributed by atoms with Crippen LogP contribution in [0.1, 0.15) is 11.4 Å². The van der Waals surface area contributed by atoms with Crippen molar-refractivity contribution in [1.29, 1.82) is 0 Å². The molecule has 0 atom stereocenters. The Hall–Kier alpha value is -2.01. The lowest BCUT2D eigenvalue weighted by Crippen LogP contribution is -2.13. The van der Waals surface area contributed by atoms with E-state index in [1.165, 1.54) is 0 Å². The summed E-state index contributed by atoms with van der Waals surface area (Å²) in [5.74, 6) is 2.51. The molecule has 96 valence electrons. The minimum atomic E-state index is 0.701. The van der Waals surface area contributed by atoms with Gasteiger partial charge in [0.05, 0.1) is 20.8 Å². The normalized spacial score (nSPS) is 10.3. The van der Waals surface area contributed by atoms with E-state index in [1.54, 1.807) is 20.4 Å². The van der Waals surface area contributed by atoms with Crippen molar-refractivity contribution in [3.8, 4) is 11.5 Å². The number of ether oxygens (including phenoxy) is 2. The van der Waals surface area contributed by atoms with Crippen LogP contribution in [-0.4, -0.2) is 24.2 Å². The van der Waals surface area contributed by atoms with Crippen molar-refractivity contribution in [2.24, 2.45) is 0 Å². The Morgan fingerprint density at radius 1 is 1.11 bits per heavy atom. The molecule has 1 heterocycles.